The smallest absolute Gasteiger partial charge is 0.241 e. The van der Waals surface area contributed by atoms with Crippen LogP contribution in [0.15, 0.2) is 18.2 Å². The number of halogens is 1. The lowest BCUT2D eigenvalue weighted by Gasteiger charge is -2.12. The van der Waals surface area contributed by atoms with Crippen LogP contribution in [0, 0.1) is 6.92 Å². The van der Waals surface area contributed by atoms with E-state index in [4.69, 9.17) is 17.3 Å². The van der Waals surface area contributed by atoms with Crippen LogP contribution in [-0.2, 0) is 4.79 Å². The second-order valence-corrected chi connectivity index (χ2v) is 5.23. The zero-order valence-corrected chi connectivity index (χ0v) is 11.6. The first kappa shape index (κ1) is 14.4. The predicted molar refractivity (Wildman–Crippen MR) is 75.8 cm³/mol. The number of amides is 1. The minimum absolute atomic E-state index is 0.168. The molecule has 3 nitrogen and oxygen atoms in total. The number of nitrogens with two attached hydrogens (primary N) is 1. The Bertz CT molecular complexity index is 398. The Balaban J connectivity index is 2.58. The summed E-state index contributed by atoms with van der Waals surface area (Å²) in [6.45, 7) is 1.91. The highest BCUT2D eigenvalue weighted by molar-refractivity contribution is 7.98. The van der Waals surface area contributed by atoms with Crippen LogP contribution in [0.3, 0.4) is 0 Å². The molecule has 0 aliphatic heterocycles. The van der Waals surface area contributed by atoms with Crippen LogP contribution in [0.5, 0.6) is 0 Å². The minimum Gasteiger partial charge on any atom is -0.325 e. The summed E-state index contributed by atoms with van der Waals surface area (Å²) in [7, 11) is 0. The molecule has 94 valence electrons. The van der Waals surface area contributed by atoms with Crippen molar-refractivity contribution in [2.45, 2.75) is 19.4 Å². The first-order chi connectivity index (χ1) is 8.04. The number of nitrogens with one attached hydrogen (secondary N) is 1. The summed E-state index contributed by atoms with van der Waals surface area (Å²) in [6.07, 6.45) is 2.66. The summed E-state index contributed by atoms with van der Waals surface area (Å²) in [6, 6.07) is 4.95. The average Bonchev–Trinajstić information content (AvgIpc) is 2.30. The third kappa shape index (κ3) is 4.58. The maximum Gasteiger partial charge on any atom is 0.241 e. The van der Waals surface area contributed by atoms with Gasteiger partial charge in [-0.3, -0.25) is 4.79 Å². The lowest BCUT2D eigenvalue weighted by atomic mass is 10.2. The molecule has 0 unspecified atom stereocenters. The van der Waals surface area contributed by atoms with E-state index in [0.29, 0.717) is 17.1 Å². The summed E-state index contributed by atoms with van der Waals surface area (Å²) in [4.78, 5) is 11.7. The maximum atomic E-state index is 11.7. The Hall–Kier alpha value is -0.710. The SMILES string of the molecule is CSCC[C@H](N)C(=O)Nc1ccc(C)c(Cl)c1. The van der Waals surface area contributed by atoms with Crippen molar-refractivity contribution < 1.29 is 4.79 Å². The highest BCUT2D eigenvalue weighted by atomic mass is 35.5. The van der Waals surface area contributed by atoms with Gasteiger partial charge in [-0.15, -0.1) is 0 Å². The van der Waals surface area contributed by atoms with Crippen LogP contribution in [-0.4, -0.2) is 24.0 Å². The van der Waals surface area contributed by atoms with Gasteiger partial charge in [0.25, 0.3) is 0 Å². The molecule has 17 heavy (non-hydrogen) atoms. The van der Waals surface area contributed by atoms with Crippen LogP contribution >= 0.6 is 23.4 Å². The number of thioether (sulfide) groups is 1. The number of hydrogen-bond acceptors (Lipinski definition) is 3. The van der Waals surface area contributed by atoms with Gasteiger partial charge in [-0.2, -0.15) is 11.8 Å². The first-order valence-corrected chi connectivity index (χ1v) is 7.13. The van der Waals surface area contributed by atoms with E-state index in [2.05, 4.69) is 5.32 Å². The molecule has 5 heteroatoms. The molecule has 1 amide bonds. The third-order valence-electron chi connectivity index (χ3n) is 2.41. The van der Waals surface area contributed by atoms with Gasteiger partial charge < -0.3 is 11.1 Å². The van der Waals surface area contributed by atoms with Gasteiger partial charge in [0.2, 0.25) is 5.91 Å². The molecular weight excluding hydrogens is 256 g/mol. The van der Waals surface area contributed by atoms with Crippen molar-refractivity contribution in [3.05, 3.63) is 28.8 Å². The van der Waals surface area contributed by atoms with Crippen LogP contribution in [0.4, 0.5) is 5.69 Å². The Kier molecular flexibility index (Phi) is 5.82. The molecule has 0 bridgehead atoms. The number of aryl methyl sites for hydroxylation is 1. The minimum atomic E-state index is -0.470. The van der Waals surface area contributed by atoms with E-state index >= 15 is 0 Å². The molecule has 1 aromatic carbocycles. The van der Waals surface area contributed by atoms with Crippen molar-refractivity contribution in [1.29, 1.82) is 0 Å². The van der Waals surface area contributed by atoms with Crippen LogP contribution in [0.25, 0.3) is 0 Å². The molecule has 0 aliphatic carbocycles. The third-order valence-corrected chi connectivity index (χ3v) is 3.46. The monoisotopic (exact) mass is 272 g/mol. The van der Waals surface area contributed by atoms with Crippen molar-refractivity contribution in [3.63, 3.8) is 0 Å². The molecule has 0 heterocycles. The average molecular weight is 273 g/mol. The van der Waals surface area contributed by atoms with Gasteiger partial charge in [0.1, 0.15) is 0 Å². The Labute approximate surface area is 111 Å². The normalized spacial score (nSPS) is 12.2. The van der Waals surface area contributed by atoms with E-state index in [0.717, 1.165) is 11.3 Å². The van der Waals surface area contributed by atoms with Crippen LogP contribution < -0.4 is 11.1 Å². The summed E-state index contributed by atoms with van der Waals surface area (Å²) in [5.74, 6) is 0.711. The largest absolute Gasteiger partial charge is 0.325 e. The molecule has 0 radical (unpaired) electrons. The molecule has 0 aliphatic rings. The number of benzene rings is 1. The van der Waals surface area contributed by atoms with E-state index in [1.54, 1.807) is 17.8 Å². The maximum absolute atomic E-state index is 11.7. The van der Waals surface area contributed by atoms with Gasteiger partial charge in [0.15, 0.2) is 0 Å². The van der Waals surface area contributed by atoms with Crippen molar-refractivity contribution in [3.8, 4) is 0 Å². The summed E-state index contributed by atoms with van der Waals surface area (Å²) in [5, 5.41) is 3.40. The highest BCUT2D eigenvalue weighted by Gasteiger charge is 2.13. The number of anilines is 1. The summed E-state index contributed by atoms with van der Waals surface area (Å²) < 4.78 is 0. The Morgan fingerprint density at radius 2 is 2.29 bits per heavy atom. The lowest BCUT2D eigenvalue weighted by molar-refractivity contribution is -0.117. The standard InChI is InChI=1S/C12H17ClN2OS/c1-8-3-4-9(7-10(8)13)15-12(16)11(14)5-6-17-2/h3-4,7,11H,5-6,14H2,1-2H3,(H,15,16)/t11-/m0/s1. The van der Waals surface area contributed by atoms with Gasteiger partial charge in [-0.1, -0.05) is 17.7 Å². The predicted octanol–water partition coefficient (Wildman–Crippen LogP) is 2.67. The second kappa shape index (κ2) is 6.89. The quantitative estimate of drug-likeness (QED) is 0.866. The topological polar surface area (TPSA) is 55.1 Å². The zero-order valence-electron chi connectivity index (χ0n) is 10.00. The Morgan fingerprint density at radius 3 is 2.88 bits per heavy atom. The fourth-order valence-electron chi connectivity index (χ4n) is 1.28. The summed E-state index contributed by atoms with van der Waals surface area (Å²) in [5.41, 5.74) is 7.43. The van der Waals surface area contributed by atoms with Crippen LogP contribution in [0.2, 0.25) is 5.02 Å². The zero-order chi connectivity index (χ0) is 12.8. The van der Waals surface area contributed by atoms with E-state index < -0.39 is 6.04 Å². The lowest BCUT2D eigenvalue weighted by Crippen LogP contribution is -2.36. The number of hydrogen-bond donors (Lipinski definition) is 2. The molecule has 0 saturated carbocycles. The van der Waals surface area contributed by atoms with Crippen molar-refractivity contribution >= 4 is 35.0 Å². The van der Waals surface area contributed by atoms with Crippen molar-refractivity contribution in [1.82, 2.24) is 0 Å². The number of rotatable bonds is 5. The van der Waals surface area contributed by atoms with Crippen molar-refractivity contribution in [2.24, 2.45) is 5.73 Å². The molecule has 0 aromatic heterocycles. The van der Waals surface area contributed by atoms with E-state index in [1.807, 2.05) is 25.3 Å². The van der Waals surface area contributed by atoms with Gasteiger partial charge in [0, 0.05) is 10.7 Å². The van der Waals surface area contributed by atoms with Gasteiger partial charge in [-0.25, -0.2) is 0 Å². The molecule has 1 atom stereocenters. The molecule has 0 spiro atoms. The van der Waals surface area contributed by atoms with Gasteiger partial charge in [-0.05, 0) is 43.0 Å². The molecule has 3 N–H and O–H groups in total. The second-order valence-electron chi connectivity index (χ2n) is 3.84. The van der Waals surface area contributed by atoms with E-state index in [9.17, 15) is 4.79 Å². The number of carbonyl (C=O) groups excluding carboxylic acids is 1. The molecule has 1 aromatic rings. The molecule has 0 fully saturated rings. The van der Waals surface area contributed by atoms with Gasteiger partial charge >= 0.3 is 0 Å². The van der Waals surface area contributed by atoms with Crippen LogP contribution in [0.1, 0.15) is 12.0 Å². The molecule has 1 rings (SSSR count). The first-order valence-electron chi connectivity index (χ1n) is 5.36. The van der Waals surface area contributed by atoms with Gasteiger partial charge in [0.05, 0.1) is 6.04 Å². The number of carbonyl (C=O) groups is 1. The highest BCUT2D eigenvalue weighted by Crippen LogP contribution is 2.20. The fourth-order valence-corrected chi connectivity index (χ4v) is 1.95. The van der Waals surface area contributed by atoms with E-state index in [-0.39, 0.29) is 5.91 Å². The van der Waals surface area contributed by atoms with Crippen molar-refractivity contribution in [2.75, 3.05) is 17.3 Å². The molecular formula is C12H17ClN2OS. The van der Waals surface area contributed by atoms with E-state index in [1.165, 1.54) is 0 Å². The summed E-state index contributed by atoms with van der Waals surface area (Å²) >= 11 is 7.65. The Morgan fingerprint density at radius 1 is 1.59 bits per heavy atom. The molecule has 0 saturated heterocycles. The fraction of sp³-hybridized carbons (Fsp3) is 0.417.